The van der Waals surface area contributed by atoms with Gasteiger partial charge in [0.25, 0.3) is 0 Å². The fraction of sp³-hybridized carbons (Fsp3) is 0.462. The van der Waals surface area contributed by atoms with Crippen LogP contribution in [0, 0.1) is 12.8 Å². The average molecular weight is 220 g/mol. The average Bonchev–Trinajstić information content (AvgIpc) is 2.15. The van der Waals surface area contributed by atoms with Crippen LogP contribution in [-0.2, 0) is 14.9 Å². The first-order valence-electron chi connectivity index (χ1n) is 5.44. The summed E-state index contributed by atoms with van der Waals surface area (Å²) in [5.74, 6) is -1.17. The second kappa shape index (κ2) is 3.91. The van der Waals surface area contributed by atoms with Crippen LogP contribution in [0.1, 0.15) is 18.1 Å². The molecule has 1 heterocycles. The molecular formula is C13H16O3. The number of carboxylic acids is 1. The van der Waals surface area contributed by atoms with E-state index in [1.807, 2.05) is 25.1 Å². The highest BCUT2D eigenvalue weighted by molar-refractivity contribution is 5.72. The second-order valence-corrected chi connectivity index (χ2v) is 4.58. The van der Waals surface area contributed by atoms with Gasteiger partial charge in [-0.1, -0.05) is 36.8 Å². The summed E-state index contributed by atoms with van der Waals surface area (Å²) in [4.78, 5) is 11.1. The van der Waals surface area contributed by atoms with E-state index < -0.39 is 11.9 Å². The van der Waals surface area contributed by atoms with Crippen molar-refractivity contribution in [1.29, 1.82) is 0 Å². The number of benzene rings is 1. The van der Waals surface area contributed by atoms with Crippen LogP contribution in [0.2, 0.25) is 0 Å². The zero-order valence-corrected chi connectivity index (χ0v) is 9.56. The van der Waals surface area contributed by atoms with E-state index in [0.29, 0.717) is 13.2 Å². The molecular weight excluding hydrogens is 204 g/mol. The van der Waals surface area contributed by atoms with E-state index in [1.54, 1.807) is 6.92 Å². The molecule has 0 amide bonds. The van der Waals surface area contributed by atoms with E-state index in [4.69, 9.17) is 9.84 Å². The maximum atomic E-state index is 11.1. The molecule has 0 bridgehead atoms. The maximum absolute atomic E-state index is 11.1. The fourth-order valence-electron chi connectivity index (χ4n) is 2.18. The number of hydrogen-bond donors (Lipinski definition) is 1. The van der Waals surface area contributed by atoms with E-state index in [-0.39, 0.29) is 5.41 Å². The van der Waals surface area contributed by atoms with Crippen LogP contribution >= 0.6 is 0 Å². The van der Waals surface area contributed by atoms with Crippen LogP contribution in [0.4, 0.5) is 0 Å². The Kier molecular flexibility index (Phi) is 2.72. The SMILES string of the molecule is Cc1cccc(C2(C(C)C(=O)O)COC2)c1. The minimum Gasteiger partial charge on any atom is -0.481 e. The van der Waals surface area contributed by atoms with Crippen LogP contribution in [0.5, 0.6) is 0 Å². The molecule has 3 heteroatoms. The van der Waals surface area contributed by atoms with Crippen molar-refractivity contribution in [3.05, 3.63) is 35.4 Å². The summed E-state index contributed by atoms with van der Waals surface area (Å²) in [6.07, 6.45) is 0. The van der Waals surface area contributed by atoms with Gasteiger partial charge < -0.3 is 9.84 Å². The molecule has 86 valence electrons. The van der Waals surface area contributed by atoms with E-state index >= 15 is 0 Å². The molecule has 0 saturated carbocycles. The summed E-state index contributed by atoms with van der Waals surface area (Å²) in [6.45, 7) is 4.78. The van der Waals surface area contributed by atoms with Gasteiger partial charge in [0.15, 0.2) is 0 Å². The van der Waals surface area contributed by atoms with Crippen LogP contribution < -0.4 is 0 Å². The van der Waals surface area contributed by atoms with E-state index in [2.05, 4.69) is 6.07 Å². The molecule has 1 unspecified atom stereocenters. The van der Waals surface area contributed by atoms with Gasteiger partial charge in [-0.15, -0.1) is 0 Å². The Balaban J connectivity index is 2.38. The monoisotopic (exact) mass is 220 g/mol. The van der Waals surface area contributed by atoms with Crippen LogP contribution in [0.3, 0.4) is 0 Å². The molecule has 3 nitrogen and oxygen atoms in total. The predicted octanol–water partition coefficient (Wildman–Crippen LogP) is 1.98. The molecule has 0 spiro atoms. The summed E-state index contributed by atoms with van der Waals surface area (Å²) in [6, 6.07) is 8.04. The van der Waals surface area contributed by atoms with Gasteiger partial charge in [-0.25, -0.2) is 0 Å². The molecule has 1 saturated heterocycles. The molecule has 0 radical (unpaired) electrons. The third-order valence-electron chi connectivity index (χ3n) is 3.51. The summed E-state index contributed by atoms with van der Waals surface area (Å²) in [7, 11) is 0. The number of aryl methyl sites for hydroxylation is 1. The van der Waals surface area contributed by atoms with Crippen LogP contribution in [0.25, 0.3) is 0 Å². The molecule has 1 N–H and O–H groups in total. The van der Waals surface area contributed by atoms with Crippen molar-refractivity contribution >= 4 is 5.97 Å². The number of carbonyl (C=O) groups is 1. The highest BCUT2D eigenvalue weighted by Crippen LogP contribution is 2.39. The standard InChI is InChI=1S/C13H16O3/c1-9-4-3-5-11(6-9)13(7-16-8-13)10(2)12(14)15/h3-6,10H,7-8H2,1-2H3,(H,14,15). The lowest BCUT2D eigenvalue weighted by Crippen LogP contribution is -2.53. The van der Waals surface area contributed by atoms with E-state index in [1.165, 1.54) is 0 Å². The number of carboxylic acid groups (broad SMARTS) is 1. The summed E-state index contributed by atoms with van der Waals surface area (Å²) in [5.41, 5.74) is 1.90. The van der Waals surface area contributed by atoms with Crippen LogP contribution in [-0.4, -0.2) is 24.3 Å². The highest BCUT2D eigenvalue weighted by Gasteiger charge is 2.48. The Hall–Kier alpha value is -1.35. The van der Waals surface area contributed by atoms with E-state index in [0.717, 1.165) is 11.1 Å². The number of aliphatic carboxylic acids is 1. The minimum atomic E-state index is -0.759. The third-order valence-corrected chi connectivity index (χ3v) is 3.51. The van der Waals surface area contributed by atoms with Gasteiger partial charge in [0.1, 0.15) is 0 Å². The van der Waals surface area contributed by atoms with Crippen molar-refractivity contribution in [1.82, 2.24) is 0 Å². The molecule has 1 fully saturated rings. The normalized spacial score (nSPS) is 19.9. The highest BCUT2D eigenvalue weighted by atomic mass is 16.5. The minimum absolute atomic E-state index is 0.335. The lowest BCUT2D eigenvalue weighted by molar-refractivity contribution is -0.155. The molecule has 0 aromatic heterocycles. The molecule has 1 aromatic carbocycles. The fourth-order valence-corrected chi connectivity index (χ4v) is 2.18. The summed E-state index contributed by atoms with van der Waals surface area (Å²) >= 11 is 0. The molecule has 1 atom stereocenters. The lowest BCUT2D eigenvalue weighted by Gasteiger charge is -2.44. The van der Waals surface area contributed by atoms with Gasteiger partial charge in [-0.2, -0.15) is 0 Å². The van der Waals surface area contributed by atoms with Crippen molar-refractivity contribution in [2.24, 2.45) is 5.92 Å². The van der Waals surface area contributed by atoms with Gasteiger partial charge in [0.05, 0.1) is 24.5 Å². The molecule has 16 heavy (non-hydrogen) atoms. The molecule has 0 aliphatic carbocycles. The topological polar surface area (TPSA) is 46.5 Å². The van der Waals surface area contributed by atoms with Crippen molar-refractivity contribution in [3.63, 3.8) is 0 Å². The first kappa shape index (κ1) is 11.1. The molecule has 2 rings (SSSR count). The molecule has 1 aromatic rings. The Labute approximate surface area is 95.0 Å². The number of ether oxygens (including phenoxy) is 1. The van der Waals surface area contributed by atoms with E-state index in [9.17, 15) is 4.79 Å². The van der Waals surface area contributed by atoms with Crippen molar-refractivity contribution in [2.45, 2.75) is 19.3 Å². The van der Waals surface area contributed by atoms with Gasteiger partial charge in [0.2, 0.25) is 0 Å². The quantitative estimate of drug-likeness (QED) is 0.847. The Morgan fingerprint density at radius 3 is 2.62 bits per heavy atom. The first-order valence-corrected chi connectivity index (χ1v) is 5.44. The molecule has 1 aliphatic heterocycles. The van der Waals surface area contributed by atoms with Gasteiger partial charge in [-0.3, -0.25) is 4.79 Å². The largest absolute Gasteiger partial charge is 0.481 e. The zero-order valence-electron chi connectivity index (χ0n) is 9.56. The van der Waals surface area contributed by atoms with Crippen LogP contribution in [0.15, 0.2) is 24.3 Å². The van der Waals surface area contributed by atoms with Gasteiger partial charge in [-0.05, 0) is 12.5 Å². The number of hydrogen-bond acceptors (Lipinski definition) is 2. The maximum Gasteiger partial charge on any atom is 0.307 e. The second-order valence-electron chi connectivity index (χ2n) is 4.58. The first-order chi connectivity index (χ1) is 7.56. The Morgan fingerprint density at radius 2 is 2.19 bits per heavy atom. The zero-order chi connectivity index (χ0) is 11.8. The van der Waals surface area contributed by atoms with Gasteiger partial charge in [0, 0.05) is 0 Å². The van der Waals surface area contributed by atoms with Crippen molar-refractivity contribution in [3.8, 4) is 0 Å². The number of rotatable bonds is 3. The Bertz CT molecular complexity index is 407. The van der Waals surface area contributed by atoms with Crippen molar-refractivity contribution < 1.29 is 14.6 Å². The van der Waals surface area contributed by atoms with Crippen molar-refractivity contribution in [2.75, 3.05) is 13.2 Å². The third kappa shape index (κ3) is 1.61. The smallest absolute Gasteiger partial charge is 0.307 e. The summed E-state index contributed by atoms with van der Waals surface area (Å²) < 4.78 is 5.24. The summed E-state index contributed by atoms with van der Waals surface area (Å²) in [5, 5.41) is 9.16. The lowest BCUT2D eigenvalue weighted by atomic mass is 9.69. The molecule has 1 aliphatic rings. The Morgan fingerprint density at radius 1 is 1.50 bits per heavy atom. The van der Waals surface area contributed by atoms with Gasteiger partial charge >= 0.3 is 5.97 Å². The predicted molar refractivity (Wildman–Crippen MR) is 60.5 cm³/mol.